The van der Waals surface area contributed by atoms with Crippen LogP contribution in [0.5, 0.6) is 0 Å². The van der Waals surface area contributed by atoms with E-state index in [4.69, 9.17) is 0 Å². The van der Waals surface area contributed by atoms with Crippen LogP contribution in [0.1, 0.15) is 18.9 Å². The van der Waals surface area contributed by atoms with Crippen LogP contribution in [0.4, 0.5) is 0 Å². The Balaban J connectivity index is 1.42. The molecule has 0 bridgehead atoms. The summed E-state index contributed by atoms with van der Waals surface area (Å²) in [6.07, 6.45) is 3.15. The molecule has 0 saturated heterocycles. The highest BCUT2D eigenvalue weighted by Gasteiger charge is 2.13. The molecule has 0 aliphatic heterocycles. The van der Waals surface area contributed by atoms with Gasteiger partial charge in [0.2, 0.25) is 5.91 Å². The van der Waals surface area contributed by atoms with Gasteiger partial charge < -0.3 is 5.32 Å². The zero-order chi connectivity index (χ0) is 20.9. The van der Waals surface area contributed by atoms with Crippen molar-refractivity contribution in [2.24, 2.45) is 0 Å². The second kappa shape index (κ2) is 8.73. The zero-order valence-corrected chi connectivity index (χ0v) is 16.7. The summed E-state index contributed by atoms with van der Waals surface area (Å²) in [6.45, 7) is 1.83. The fraction of sp³-hybridized carbons (Fsp3) is 0.217. The standard InChI is InChI=1S/C23H23N5O2/c1-17(12-13-18-8-4-2-5-9-18)25-22(29)15-27-23(30)21-14-20(26-28(21)16-24-27)19-10-6-3-7-11-19/h2-11,14,16-17H,12-13,15H2,1H3,(H,25,29). The van der Waals surface area contributed by atoms with Gasteiger partial charge in [-0.05, 0) is 31.4 Å². The van der Waals surface area contributed by atoms with Crippen molar-refractivity contribution in [3.05, 3.63) is 89.0 Å². The highest BCUT2D eigenvalue weighted by Crippen LogP contribution is 2.17. The Kier molecular flexibility index (Phi) is 5.70. The van der Waals surface area contributed by atoms with Gasteiger partial charge in [0, 0.05) is 11.6 Å². The van der Waals surface area contributed by atoms with Crippen molar-refractivity contribution in [2.75, 3.05) is 0 Å². The SMILES string of the molecule is CC(CCc1ccccc1)NC(=O)Cn1ncn2nc(-c3ccccc3)cc2c1=O. The van der Waals surface area contributed by atoms with Gasteiger partial charge in [-0.25, -0.2) is 9.20 Å². The van der Waals surface area contributed by atoms with E-state index >= 15 is 0 Å². The first-order valence-electron chi connectivity index (χ1n) is 9.94. The Morgan fingerprint density at radius 2 is 1.77 bits per heavy atom. The third-order valence-electron chi connectivity index (χ3n) is 4.97. The maximum absolute atomic E-state index is 12.8. The van der Waals surface area contributed by atoms with E-state index < -0.39 is 0 Å². The number of benzene rings is 2. The van der Waals surface area contributed by atoms with Crippen LogP contribution in [0.3, 0.4) is 0 Å². The highest BCUT2D eigenvalue weighted by molar-refractivity contribution is 5.76. The molecule has 152 valence electrons. The third kappa shape index (κ3) is 4.46. The van der Waals surface area contributed by atoms with Crippen molar-refractivity contribution in [2.45, 2.75) is 32.4 Å². The van der Waals surface area contributed by atoms with Crippen LogP contribution >= 0.6 is 0 Å². The number of nitrogens with zero attached hydrogens (tertiary/aromatic N) is 4. The monoisotopic (exact) mass is 401 g/mol. The third-order valence-corrected chi connectivity index (χ3v) is 4.97. The van der Waals surface area contributed by atoms with Crippen LogP contribution in [0.15, 0.2) is 77.9 Å². The molecule has 0 aliphatic rings. The molecule has 2 heterocycles. The largest absolute Gasteiger partial charge is 0.352 e. The van der Waals surface area contributed by atoms with Gasteiger partial charge in [0.25, 0.3) is 5.56 Å². The summed E-state index contributed by atoms with van der Waals surface area (Å²) in [6, 6.07) is 21.5. The van der Waals surface area contributed by atoms with Crippen molar-refractivity contribution in [3.63, 3.8) is 0 Å². The van der Waals surface area contributed by atoms with Crippen LogP contribution < -0.4 is 10.9 Å². The van der Waals surface area contributed by atoms with Crippen molar-refractivity contribution in [1.82, 2.24) is 24.7 Å². The molecule has 2 aromatic heterocycles. The van der Waals surface area contributed by atoms with Gasteiger partial charge in [-0.15, -0.1) is 0 Å². The molecule has 7 heteroatoms. The zero-order valence-electron chi connectivity index (χ0n) is 16.7. The number of rotatable bonds is 7. The first-order chi connectivity index (χ1) is 14.6. The molecule has 1 atom stereocenters. The lowest BCUT2D eigenvalue weighted by molar-refractivity contribution is -0.122. The molecule has 1 amide bonds. The summed E-state index contributed by atoms with van der Waals surface area (Å²) in [4.78, 5) is 25.2. The fourth-order valence-electron chi connectivity index (χ4n) is 3.36. The van der Waals surface area contributed by atoms with Gasteiger partial charge >= 0.3 is 0 Å². The molecule has 0 aliphatic carbocycles. The average molecular weight is 401 g/mol. The molecule has 0 saturated carbocycles. The van der Waals surface area contributed by atoms with Crippen LogP contribution in [-0.4, -0.2) is 31.3 Å². The molecule has 30 heavy (non-hydrogen) atoms. The van der Waals surface area contributed by atoms with E-state index in [1.165, 1.54) is 21.1 Å². The molecule has 7 nitrogen and oxygen atoms in total. The van der Waals surface area contributed by atoms with Crippen molar-refractivity contribution in [1.29, 1.82) is 0 Å². The molecule has 2 aromatic carbocycles. The van der Waals surface area contributed by atoms with E-state index in [-0.39, 0.29) is 24.1 Å². The van der Waals surface area contributed by atoms with Gasteiger partial charge in [0.05, 0.1) is 5.69 Å². The minimum absolute atomic E-state index is 0.00297. The van der Waals surface area contributed by atoms with Crippen molar-refractivity contribution < 1.29 is 4.79 Å². The number of fused-ring (bicyclic) bond motifs is 1. The minimum atomic E-state index is -0.348. The Morgan fingerprint density at radius 1 is 1.07 bits per heavy atom. The Labute approximate surface area is 174 Å². The maximum Gasteiger partial charge on any atom is 0.293 e. The summed E-state index contributed by atoms with van der Waals surface area (Å²) in [5.41, 5.74) is 2.87. The summed E-state index contributed by atoms with van der Waals surface area (Å²) < 4.78 is 2.62. The normalized spacial score (nSPS) is 12.0. The molecule has 0 radical (unpaired) electrons. The lowest BCUT2D eigenvalue weighted by Crippen LogP contribution is -2.38. The fourth-order valence-corrected chi connectivity index (χ4v) is 3.36. The number of aryl methyl sites for hydroxylation is 1. The summed E-state index contributed by atoms with van der Waals surface area (Å²) in [7, 11) is 0. The van der Waals surface area contributed by atoms with Crippen molar-refractivity contribution >= 4 is 11.4 Å². The van der Waals surface area contributed by atoms with Crippen LogP contribution in [0, 0.1) is 0 Å². The van der Waals surface area contributed by atoms with Crippen LogP contribution in [-0.2, 0) is 17.8 Å². The summed E-state index contributed by atoms with van der Waals surface area (Å²) in [5, 5.41) is 11.4. The highest BCUT2D eigenvalue weighted by atomic mass is 16.2. The van der Waals surface area contributed by atoms with Gasteiger partial charge in [0.15, 0.2) is 0 Å². The van der Waals surface area contributed by atoms with Crippen LogP contribution in [0.25, 0.3) is 16.8 Å². The first-order valence-corrected chi connectivity index (χ1v) is 9.94. The first kappa shape index (κ1) is 19.6. The lowest BCUT2D eigenvalue weighted by Gasteiger charge is -2.14. The number of nitrogens with one attached hydrogen (secondary N) is 1. The predicted molar refractivity (Wildman–Crippen MR) is 115 cm³/mol. The summed E-state index contributed by atoms with van der Waals surface area (Å²) in [5.74, 6) is -0.239. The second-order valence-electron chi connectivity index (χ2n) is 7.31. The quantitative estimate of drug-likeness (QED) is 0.516. The number of carbonyl (C=O) groups excluding carboxylic acids is 1. The molecule has 1 N–H and O–H groups in total. The van der Waals surface area contributed by atoms with Crippen LogP contribution in [0.2, 0.25) is 0 Å². The number of carbonyl (C=O) groups is 1. The van der Waals surface area contributed by atoms with E-state index in [0.29, 0.717) is 11.2 Å². The molecule has 4 rings (SSSR count). The Morgan fingerprint density at radius 3 is 2.50 bits per heavy atom. The van der Waals surface area contributed by atoms with E-state index in [1.54, 1.807) is 6.07 Å². The van der Waals surface area contributed by atoms with Gasteiger partial charge in [0.1, 0.15) is 18.4 Å². The molecular weight excluding hydrogens is 378 g/mol. The number of hydrogen-bond acceptors (Lipinski definition) is 4. The number of aromatic nitrogens is 4. The minimum Gasteiger partial charge on any atom is -0.352 e. The summed E-state index contributed by atoms with van der Waals surface area (Å²) >= 11 is 0. The number of hydrogen-bond donors (Lipinski definition) is 1. The number of amides is 1. The van der Waals surface area contributed by atoms with E-state index in [2.05, 4.69) is 27.6 Å². The van der Waals surface area contributed by atoms with Gasteiger partial charge in [-0.1, -0.05) is 60.7 Å². The lowest BCUT2D eigenvalue weighted by atomic mass is 10.1. The predicted octanol–water partition coefficient (Wildman–Crippen LogP) is 2.70. The smallest absolute Gasteiger partial charge is 0.293 e. The van der Waals surface area contributed by atoms with E-state index in [1.807, 2.05) is 55.5 Å². The van der Waals surface area contributed by atoms with Gasteiger partial charge in [-0.3, -0.25) is 9.59 Å². The topological polar surface area (TPSA) is 81.3 Å². The molecule has 0 fully saturated rings. The van der Waals surface area contributed by atoms with E-state index in [9.17, 15) is 9.59 Å². The van der Waals surface area contributed by atoms with Crippen molar-refractivity contribution in [3.8, 4) is 11.3 Å². The molecule has 0 spiro atoms. The molecule has 4 aromatic rings. The Hall–Kier alpha value is -3.74. The van der Waals surface area contributed by atoms with Gasteiger partial charge in [-0.2, -0.15) is 10.2 Å². The average Bonchev–Trinajstić information content (AvgIpc) is 3.21. The van der Waals surface area contributed by atoms with E-state index in [0.717, 1.165) is 18.4 Å². The maximum atomic E-state index is 12.8. The second-order valence-corrected chi connectivity index (χ2v) is 7.31. The Bertz CT molecular complexity index is 1200. The molecule has 1 unspecified atom stereocenters. The molecular formula is C23H23N5O2.